The van der Waals surface area contributed by atoms with Crippen LogP contribution >= 0.6 is 11.8 Å². The molecule has 2 rings (SSSR count). The Morgan fingerprint density at radius 3 is 2.86 bits per heavy atom. The molecular weight excluding hydrogens is 192 g/mol. The van der Waals surface area contributed by atoms with Gasteiger partial charge in [-0.3, -0.25) is 0 Å². The van der Waals surface area contributed by atoms with Gasteiger partial charge in [-0.05, 0) is 32.6 Å². The van der Waals surface area contributed by atoms with Crippen molar-refractivity contribution in [1.29, 1.82) is 0 Å². The van der Waals surface area contributed by atoms with Crippen LogP contribution < -0.4 is 0 Å². The lowest BCUT2D eigenvalue weighted by atomic mass is 9.73. The van der Waals surface area contributed by atoms with E-state index in [1.54, 1.807) is 0 Å². The largest absolute Gasteiger partial charge is 0.501 e. The molecule has 0 aliphatic carbocycles. The van der Waals surface area contributed by atoms with Gasteiger partial charge in [0.15, 0.2) is 0 Å². The minimum absolute atomic E-state index is 0.493. The Morgan fingerprint density at radius 1 is 1.50 bits per heavy atom. The third kappa shape index (κ3) is 1.69. The third-order valence-electron chi connectivity index (χ3n) is 3.73. The maximum atomic E-state index is 5.62. The first-order valence-electron chi connectivity index (χ1n) is 5.69. The number of rotatable bonds is 4. The van der Waals surface area contributed by atoms with E-state index in [-0.39, 0.29) is 0 Å². The fraction of sp³-hybridized carbons (Fsp3) is 0.833. The summed E-state index contributed by atoms with van der Waals surface area (Å²) in [4.78, 5) is 0. The topological polar surface area (TPSA) is 9.23 Å². The van der Waals surface area contributed by atoms with E-state index >= 15 is 0 Å². The summed E-state index contributed by atoms with van der Waals surface area (Å²) >= 11 is 2.22. The Labute approximate surface area is 91.3 Å². The highest BCUT2D eigenvalue weighted by Crippen LogP contribution is 2.57. The first-order chi connectivity index (χ1) is 6.80. The van der Waals surface area contributed by atoms with Gasteiger partial charge in [0.05, 0.1) is 12.9 Å². The molecule has 2 heteroatoms. The summed E-state index contributed by atoms with van der Waals surface area (Å²) in [6, 6.07) is 0. The summed E-state index contributed by atoms with van der Waals surface area (Å²) in [6.07, 6.45) is 9.34. The fourth-order valence-electron chi connectivity index (χ4n) is 2.83. The zero-order valence-electron chi connectivity index (χ0n) is 9.16. The van der Waals surface area contributed by atoms with Crippen molar-refractivity contribution in [2.24, 2.45) is 5.41 Å². The summed E-state index contributed by atoms with van der Waals surface area (Å²) in [5.74, 6) is 0. The van der Waals surface area contributed by atoms with E-state index in [9.17, 15) is 0 Å². The summed E-state index contributed by atoms with van der Waals surface area (Å²) in [5, 5.41) is 1.82. The van der Waals surface area contributed by atoms with Crippen molar-refractivity contribution in [2.45, 2.75) is 50.0 Å². The minimum atomic E-state index is 0.493. The zero-order chi connectivity index (χ0) is 10.0. The summed E-state index contributed by atoms with van der Waals surface area (Å²) in [5.41, 5.74) is 0.493. The molecule has 2 aliphatic heterocycles. The van der Waals surface area contributed by atoms with E-state index in [0.29, 0.717) is 5.41 Å². The van der Waals surface area contributed by atoms with Crippen LogP contribution in [0.1, 0.15) is 39.5 Å². The second-order valence-electron chi connectivity index (χ2n) is 4.52. The Balaban J connectivity index is 1.96. The van der Waals surface area contributed by atoms with Gasteiger partial charge in [0.25, 0.3) is 0 Å². The lowest BCUT2D eigenvalue weighted by Gasteiger charge is -2.34. The summed E-state index contributed by atoms with van der Waals surface area (Å²) in [7, 11) is 0. The second kappa shape index (κ2) is 4.18. The van der Waals surface area contributed by atoms with Gasteiger partial charge in [0.2, 0.25) is 0 Å². The van der Waals surface area contributed by atoms with E-state index < -0.39 is 0 Å². The standard InChI is InChI=1S/C12H20OS/c1-3-7-13-9-12(4-2)8-10-5-6-11(12)14-10/h3,7,10-11H,4-6,8-9H2,1-2H3/b7-3+. The van der Waals surface area contributed by atoms with Crippen molar-refractivity contribution < 1.29 is 4.74 Å². The molecule has 14 heavy (non-hydrogen) atoms. The van der Waals surface area contributed by atoms with Crippen LogP contribution in [-0.2, 0) is 4.74 Å². The van der Waals surface area contributed by atoms with Gasteiger partial charge in [-0.1, -0.05) is 13.0 Å². The Kier molecular flexibility index (Phi) is 3.10. The minimum Gasteiger partial charge on any atom is -0.501 e. The second-order valence-corrected chi connectivity index (χ2v) is 6.03. The number of thioether (sulfide) groups is 1. The molecule has 3 unspecified atom stereocenters. The summed E-state index contributed by atoms with van der Waals surface area (Å²) in [6.45, 7) is 5.26. The lowest BCUT2D eigenvalue weighted by molar-refractivity contribution is 0.0852. The molecule has 2 bridgehead atoms. The number of fused-ring (bicyclic) bond motifs is 2. The molecule has 0 aromatic rings. The number of ether oxygens (including phenoxy) is 1. The molecule has 0 amide bonds. The van der Waals surface area contributed by atoms with E-state index in [2.05, 4.69) is 18.7 Å². The van der Waals surface area contributed by atoms with Crippen molar-refractivity contribution in [2.75, 3.05) is 6.61 Å². The Hall–Kier alpha value is -0.110. The molecule has 3 atom stereocenters. The predicted molar refractivity (Wildman–Crippen MR) is 62.5 cm³/mol. The number of hydrogen-bond donors (Lipinski definition) is 0. The van der Waals surface area contributed by atoms with E-state index in [1.165, 1.54) is 25.7 Å². The monoisotopic (exact) mass is 212 g/mol. The van der Waals surface area contributed by atoms with Crippen LogP contribution in [0.2, 0.25) is 0 Å². The van der Waals surface area contributed by atoms with Crippen LogP contribution in [0, 0.1) is 5.41 Å². The van der Waals surface area contributed by atoms with E-state index in [0.717, 1.165) is 17.1 Å². The molecule has 0 aromatic carbocycles. The van der Waals surface area contributed by atoms with Crippen molar-refractivity contribution in [1.82, 2.24) is 0 Å². The predicted octanol–water partition coefficient (Wildman–Crippen LogP) is 3.60. The molecule has 0 saturated carbocycles. The average molecular weight is 212 g/mol. The SMILES string of the molecule is C/C=C/OCC1(CC)CC2CCC1S2. The number of allylic oxidation sites excluding steroid dienone is 1. The normalized spacial score (nSPS) is 41.0. The average Bonchev–Trinajstić information content (AvgIpc) is 2.78. The van der Waals surface area contributed by atoms with Gasteiger partial charge in [0.1, 0.15) is 0 Å². The molecule has 0 aromatic heterocycles. The van der Waals surface area contributed by atoms with E-state index in [4.69, 9.17) is 4.74 Å². The molecule has 2 aliphatic rings. The van der Waals surface area contributed by atoms with Gasteiger partial charge in [-0.15, -0.1) is 0 Å². The van der Waals surface area contributed by atoms with Crippen molar-refractivity contribution in [3.05, 3.63) is 12.3 Å². The first kappa shape index (κ1) is 10.4. The van der Waals surface area contributed by atoms with Crippen LogP contribution in [0.4, 0.5) is 0 Å². The van der Waals surface area contributed by atoms with Crippen LogP contribution in [0.25, 0.3) is 0 Å². The molecule has 1 nitrogen and oxygen atoms in total. The molecule has 0 spiro atoms. The maximum Gasteiger partial charge on any atom is 0.0940 e. The molecule has 2 heterocycles. The smallest absolute Gasteiger partial charge is 0.0940 e. The highest BCUT2D eigenvalue weighted by molar-refractivity contribution is 8.01. The quantitative estimate of drug-likeness (QED) is 0.658. The highest BCUT2D eigenvalue weighted by atomic mass is 32.2. The van der Waals surface area contributed by atoms with Crippen LogP contribution in [0.3, 0.4) is 0 Å². The van der Waals surface area contributed by atoms with Gasteiger partial charge < -0.3 is 4.74 Å². The third-order valence-corrected chi connectivity index (χ3v) is 5.58. The molecule has 2 saturated heterocycles. The van der Waals surface area contributed by atoms with Gasteiger partial charge in [-0.25, -0.2) is 0 Å². The van der Waals surface area contributed by atoms with Crippen LogP contribution in [-0.4, -0.2) is 17.1 Å². The van der Waals surface area contributed by atoms with E-state index in [1.807, 2.05) is 19.3 Å². The summed E-state index contributed by atoms with van der Waals surface area (Å²) < 4.78 is 5.62. The molecule has 0 radical (unpaired) electrons. The Morgan fingerprint density at radius 2 is 2.36 bits per heavy atom. The van der Waals surface area contributed by atoms with Crippen molar-refractivity contribution in [3.63, 3.8) is 0 Å². The fourth-order valence-corrected chi connectivity index (χ4v) is 4.88. The first-order valence-corrected chi connectivity index (χ1v) is 6.63. The maximum absolute atomic E-state index is 5.62. The number of hydrogen-bond acceptors (Lipinski definition) is 2. The molecule has 2 fully saturated rings. The molecular formula is C12H20OS. The van der Waals surface area contributed by atoms with Crippen molar-refractivity contribution in [3.8, 4) is 0 Å². The van der Waals surface area contributed by atoms with Gasteiger partial charge in [-0.2, -0.15) is 11.8 Å². The van der Waals surface area contributed by atoms with Crippen molar-refractivity contribution >= 4 is 11.8 Å². The van der Waals surface area contributed by atoms with Gasteiger partial charge in [0, 0.05) is 15.9 Å². The Bertz CT molecular complexity index is 226. The molecule has 80 valence electrons. The zero-order valence-corrected chi connectivity index (χ0v) is 9.98. The lowest BCUT2D eigenvalue weighted by Crippen LogP contribution is -2.35. The van der Waals surface area contributed by atoms with Crippen LogP contribution in [0.15, 0.2) is 12.3 Å². The van der Waals surface area contributed by atoms with Crippen LogP contribution in [0.5, 0.6) is 0 Å². The highest BCUT2D eigenvalue weighted by Gasteiger charge is 2.50. The molecule has 0 N–H and O–H groups in total. The van der Waals surface area contributed by atoms with Gasteiger partial charge >= 0.3 is 0 Å².